The zero-order chi connectivity index (χ0) is 14.4. The molecule has 0 saturated carbocycles. The van der Waals surface area contributed by atoms with Crippen molar-refractivity contribution in [3.63, 3.8) is 0 Å². The van der Waals surface area contributed by atoms with Crippen LogP contribution < -0.4 is 10.0 Å². The number of nitrogens with zero attached hydrogens (tertiary/aromatic N) is 1. The van der Waals surface area contributed by atoms with Gasteiger partial charge in [0.15, 0.2) is 0 Å². The molecule has 0 unspecified atom stereocenters. The van der Waals surface area contributed by atoms with Gasteiger partial charge in [-0.2, -0.15) is 5.10 Å². The van der Waals surface area contributed by atoms with Gasteiger partial charge in [-0.25, -0.2) is 13.1 Å². The maximum Gasteiger partial charge on any atom is 0.216 e. The zero-order valence-corrected chi connectivity index (χ0v) is 12.1. The predicted molar refractivity (Wildman–Crippen MR) is 77.3 cm³/mol. The average Bonchev–Trinajstić information content (AvgIpc) is 2.92. The summed E-state index contributed by atoms with van der Waals surface area (Å²) in [5.41, 5.74) is 2.70. The summed E-state index contributed by atoms with van der Waals surface area (Å²) in [4.78, 5) is 0. The lowest BCUT2D eigenvalue weighted by atomic mass is 10.1. The van der Waals surface area contributed by atoms with Crippen LogP contribution in [0.1, 0.15) is 16.7 Å². The Bertz CT molecular complexity index is 621. The summed E-state index contributed by atoms with van der Waals surface area (Å²) in [5, 5.41) is 9.46. The fourth-order valence-electron chi connectivity index (χ4n) is 1.80. The molecule has 6 nitrogen and oxygen atoms in total. The minimum atomic E-state index is -3.34. The molecule has 0 spiro atoms. The van der Waals surface area contributed by atoms with Crippen molar-refractivity contribution in [1.82, 2.24) is 20.2 Å². The minimum absolute atomic E-state index is 0.0231. The molecule has 2 aromatic rings. The van der Waals surface area contributed by atoms with E-state index in [-0.39, 0.29) is 12.3 Å². The van der Waals surface area contributed by atoms with Crippen molar-refractivity contribution in [2.24, 2.45) is 0 Å². The molecule has 0 amide bonds. The monoisotopic (exact) mass is 294 g/mol. The number of hydrogen-bond acceptors (Lipinski definition) is 4. The van der Waals surface area contributed by atoms with E-state index in [1.54, 1.807) is 12.4 Å². The van der Waals surface area contributed by atoms with Crippen LogP contribution >= 0.6 is 0 Å². The molecular weight excluding hydrogens is 276 g/mol. The van der Waals surface area contributed by atoms with Crippen LogP contribution in [0.25, 0.3) is 0 Å². The molecule has 108 valence electrons. The maximum absolute atomic E-state index is 12.0. The lowest BCUT2D eigenvalue weighted by molar-refractivity contribution is 0.580. The smallest absolute Gasteiger partial charge is 0.216 e. The Morgan fingerprint density at radius 1 is 1.10 bits per heavy atom. The first-order valence-electron chi connectivity index (χ1n) is 6.26. The van der Waals surface area contributed by atoms with Gasteiger partial charge in [-0.05, 0) is 18.2 Å². The van der Waals surface area contributed by atoms with Gasteiger partial charge in [-0.1, -0.05) is 24.3 Å². The Morgan fingerprint density at radius 3 is 2.40 bits per heavy atom. The van der Waals surface area contributed by atoms with E-state index in [0.717, 1.165) is 23.2 Å². The van der Waals surface area contributed by atoms with Crippen LogP contribution in [-0.2, 0) is 28.9 Å². The Balaban J connectivity index is 1.93. The largest absolute Gasteiger partial charge is 0.316 e. The van der Waals surface area contributed by atoms with Crippen molar-refractivity contribution in [1.29, 1.82) is 0 Å². The van der Waals surface area contributed by atoms with E-state index in [1.165, 1.54) is 0 Å². The second-order valence-corrected chi connectivity index (χ2v) is 6.34. The highest BCUT2D eigenvalue weighted by Gasteiger charge is 2.11. The number of hydrogen-bond donors (Lipinski definition) is 3. The van der Waals surface area contributed by atoms with Gasteiger partial charge >= 0.3 is 0 Å². The fourth-order valence-corrected chi connectivity index (χ4v) is 2.92. The van der Waals surface area contributed by atoms with E-state index in [4.69, 9.17) is 0 Å². The number of H-pyrrole nitrogens is 1. The number of nitrogens with one attached hydrogen (secondary N) is 3. The number of aromatic nitrogens is 2. The van der Waals surface area contributed by atoms with Gasteiger partial charge in [0.05, 0.1) is 11.9 Å². The molecule has 0 aliphatic rings. The van der Waals surface area contributed by atoms with Gasteiger partial charge < -0.3 is 5.32 Å². The standard InChI is InChI=1S/C13H18N4O2S/c1-14-6-11-2-4-12(5-3-11)10-20(18,19)17-9-13-7-15-16-8-13/h2-5,7-8,14,17H,6,9-10H2,1H3,(H,15,16). The molecule has 1 aromatic carbocycles. The highest BCUT2D eigenvalue weighted by molar-refractivity contribution is 7.88. The van der Waals surface area contributed by atoms with E-state index in [0.29, 0.717) is 0 Å². The Labute approximate surface area is 118 Å². The minimum Gasteiger partial charge on any atom is -0.316 e. The van der Waals surface area contributed by atoms with Crippen LogP contribution in [0.3, 0.4) is 0 Å². The predicted octanol–water partition coefficient (Wildman–Crippen LogP) is 0.749. The lowest BCUT2D eigenvalue weighted by Crippen LogP contribution is -2.24. The molecule has 0 saturated heterocycles. The molecule has 2 rings (SSSR count). The van der Waals surface area contributed by atoms with Crippen LogP contribution in [0, 0.1) is 0 Å². The topological polar surface area (TPSA) is 86.9 Å². The van der Waals surface area contributed by atoms with Gasteiger partial charge in [0.2, 0.25) is 10.0 Å². The number of benzene rings is 1. The van der Waals surface area contributed by atoms with Gasteiger partial charge in [0.25, 0.3) is 0 Å². The fraction of sp³-hybridized carbons (Fsp3) is 0.308. The van der Waals surface area contributed by atoms with Crippen molar-refractivity contribution in [2.75, 3.05) is 7.05 Å². The first-order chi connectivity index (χ1) is 9.59. The molecule has 0 aliphatic heterocycles. The first kappa shape index (κ1) is 14.7. The third-order valence-corrected chi connectivity index (χ3v) is 4.11. The van der Waals surface area contributed by atoms with E-state index >= 15 is 0 Å². The SMILES string of the molecule is CNCc1ccc(CS(=O)(=O)NCc2cn[nH]c2)cc1. The molecule has 0 bridgehead atoms. The van der Waals surface area contributed by atoms with Crippen LogP contribution in [-0.4, -0.2) is 25.7 Å². The number of sulfonamides is 1. The van der Waals surface area contributed by atoms with Gasteiger partial charge in [-0.3, -0.25) is 5.10 Å². The molecule has 1 heterocycles. The normalized spacial score (nSPS) is 11.7. The Hall–Kier alpha value is -1.70. The Morgan fingerprint density at radius 2 is 1.80 bits per heavy atom. The summed E-state index contributed by atoms with van der Waals surface area (Å²) in [6.07, 6.45) is 3.25. The average molecular weight is 294 g/mol. The molecule has 20 heavy (non-hydrogen) atoms. The quantitative estimate of drug-likeness (QED) is 0.703. The molecule has 0 aliphatic carbocycles. The summed E-state index contributed by atoms with van der Waals surface area (Å²) in [7, 11) is -1.47. The first-order valence-corrected chi connectivity index (χ1v) is 7.92. The third-order valence-electron chi connectivity index (χ3n) is 2.81. The van der Waals surface area contributed by atoms with Crippen molar-refractivity contribution in [3.8, 4) is 0 Å². The summed E-state index contributed by atoms with van der Waals surface area (Å²) < 4.78 is 26.5. The van der Waals surface area contributed by atoms with Crippen LogP contribution in [0.15, 0.2) is 36.7 Å². The molecule has 0 radical (unpaired) electrons. The van der Waals surface area contributed by atoms with Crippen molar-refractivity contribution < 1.29 is 8.42 Å². The van der Waals surface area contributed by atoms with Crippen molar-refractivity contribution >= 4 is 10.0 Å². The van der Waals surface area contributed by atoms with Crippen LogP contribution in [0.4, 0.5) is 0 Å². The number of rotatable bonds is 7. The second-order valence-electron chi connectivity index (χ2n) is 4.53. The Kier molecular flexibility index (Phi) is 4.89. The van der Waals surface area contributed by atoms with E-state index < -0.39 is 10.0 Å². The van der Waals surface area contributed by atoms with E-state index in [2.05, 4.69) is 20.2 Å². The number of aromatic amines is 1. The molecular formula is C13H18N4O2S. The van der Waals surface area contributed by atoms with Crippen LogP contribution in [0.2, 0.25) is 0 Å². The third kappa shape index (κ3) is 4.44. The highest BCUT2D eigenvalue weighted by atomic mass is 32.2. The highest BCUT2D eigenvalue weighted by Crippen LogP contribution is 2.08. The maximum atomic E-state index is 12.0. The summed E-state index contributed by atoms with van der Waals surface area (Å²) in [6.45, 7) is 1.02. The molecule has 7 heteroatoms. The van der Waals surface area contributed by atoms with Crippen molar-refractivity contribution in [3.05, 3.63) is 53.3 Å². The van der Waals surface area contributed by atoms with Gasteiger partial charge in [0.1, 0.15) is 0 Å². The summed E-state index contributed by atoms with van der Waals surface area (Å²) >= 11 is 0. The molecule has 0 fully saturated rings. The van der Waals surface area contributed by atoms with Gasteiger partial charge in [-0.15, -0.1) is 0 Å². The molecule has 0 atom stereocenters. The zero-order valence-electron chi connectivity index (χ0n) is 11.3. The van der Waals surface area contributed by atoms with Gasteiger partial charge in [0, 0.05) is 24.8 Å². The summed E-state index contributed by atoms with van der Waals surface area (Å²) in [5.74, 6) is -0.0231. The van der Waals surface area contributed by atoms with Crippen LogP contribution in [0.5, 0.6) is 0 Å². The lowest BCUT2D eigenvalue weighted by Gasteiger charge is -2.07. The van der Waals surface area contributed by atoms with E-state index in [9.17, 15) is 8.42 Å². The van der Waals surface area contributed by atoms with E-state index in [1.807, 2.05) is 31.3 Å². The molecule has 1 aromatic heterocycles. The second kappa shape index (κ2) is 6.65. The van der Waals surface area contributed by atoms with Crippen molar-refractivity contribution in [2.45, 2.75) is 18.8 Å². The summed E-state index contributed by atoms with van der Waals surface area (Å²) in [6, 6.07) is 7.53. The molecule has 3 N–H and O–H groups in total.